The van der Waals surface area contributed by atoms with Gasteiger partial charge in [-0.2, -0.15) is 0 Å². The minimum absolute atomic E-state index is 0.0788. The van der Waals surface area contributed by atoms with Crippen LogP contribution in [0.3, 0.4) is 0 Å². The number of carboxylic acids is 2. The molecule has 0 aromatic heterocycles. The Labute approximate surface area is 161 Å². The summed E-state index contributed by atoms with van der Waals surface area (Å²) in [4.78, 5) is 20.4. The molecule has 2 aromatic rings. The fourth-order valence-corrected chi connectivity index (χ4v) is 1.91. The minimum atomic E-state index is -0.879. The van der Waals surface area contributed by atoms with Gasteiger partial charge in [-0.1, -0.05) is 70.0 Å². The van der Waals surface area contributed by atoms with Crippen molar-refractivity contribution in [3.8, 4) is 0 Å². The van der Waals surface area contributed by atoms with E-state index < -0.39 is 11.9 Å². The standard InChI is InChI=1S/C8H18O.2C7H6O2/c1-4-5-6-8(9)7(2)3;2*8-7(9)6-4-2-1-3-5-6/h7-9H,4-6H2,1-3H3;2*1-5H,(H,8,9). The highest BCUT2D eigenvalue weighted by Gasteiger charge is 2.06. The van der Waals surface area contributed by atoms with E-state index in [1.54, 1.807) is 60.7 Å². The Hall–Kier alpha value is -2.66. The van der Waals surface area contributed by atoms with Crippen molar-refractivity contribution >= 4 is 11.9 Å². The second kappa shape index (κ2) is 14.5. The summed E-state index contributed by atoms with van der Waals surface area (Å²) in [5.41, 5.74) is 0.662. The number of hydrogen-bond acceptors (Lipinski definition) is 3. The lowest BCUT2D eigenvalue weighted by atomic mass is 10.0. The molecular formula is C22H30O5. The molecule has 0 fully saturated rings. The molecule has 1 atom stereocenters. The number of aliphatic hydroxyl groups is 1. The number of aromatic carboxylic acids is 2. The molecule has 2 rings (SSSR count). The van der Waals surface area contributed by atoms with Gasteiger partial charge in [0.1, 0.15) is 0 Å². The predicted molar refractivity (Wildman–Crippen MR) is 107 cm³/mol. The average Bonchev–Trinajstić information content (AvgIpc) is 2.68. The SMILES string of the molecule is CCCCC(O)C(C)C.O=C(O)c1ccccc1.O=C(O)c1ccccc1. The first-order valence-corrected chi connectivity index (χ1v) is 9.04. The van der Waals surface area contributed by atoms with E-state index in [1.807, 2.05) is 0 Å². The Balaban J connectivity index is 0.000000376. The lowest BCUT2D eigenvalue weighted by Crippen LogP contribution is -2.13. The topological polar surface area (TPSA) is 94.8 Å². The molecule has 0 saturated carbocycles. The van der Waals surface area contributed by atoms with Gasteiger partial charge in [0.2, 0.25) is 0 Å². The summed E-state index contributed by atoms with van der Waals surface area (Å²) >= 11 is 0. The summed E-state index contributed by atoms with van der Waals surface area (Å²) in [6, 6.07) is 16.6. The van der Waals surface area contributed by atoms with Crippen LogP contribution in [0.15, 0.2) is 60.7 Å². The van der Waals surface area contributed by atoms with Gasteiger partial charge in [0, 0.05) is 0 Å². The van der Waals surface area contributed by atoms with Crippen LogP contribution in [0.1, 0.15) is 60.7 Å². The van der Waals surface area contributed by atoms with E-state index in [0.29, 0.717) is 17.0 Å². The Bertz CT molecular complexity index is 589. The molecule has 1 unspecified atom stereocenters. The van der Waals surface area contributed by atoms with Gasteiger partial charge in [-0.25, -0.2) is 9.59 Å². The third kappa shape index (κ3) is 12.3. The molecule has 0 aliphatic carbocycles. The maximum absolute atomic E-state index is 10.2. The van der Waals surface area contributed by atoms with Gasteiger partial charge in [-0.3, -0.25) is 0 Å². The highest BCUT2D eigenvalue weighted by molar-refractivity contribution is 5.87. The summed E-state index contributed by atoms with van der Waals surface area (Å²) in [6.07, 6.45) is 3.22. The smallest absolute Gasteiger partial charge is 0.335 e. The molecule has 0 heterocycles. The van der Waals surface area contributed by atoms with Crippen LogP contribution in [-0.4, -0.2) is 33.4 Å². The first kappa shape index (κ1) is 24.3. The van der Waals surface area contributed by atoms with Gasteiger partial charge in [-0.05, 0) is 36.6 Å². The van der Waals surface area contributed by atoms with Gasteiger partial charge < -0.3 is 15.3 Å². The second-order valence-corrected chi connectivity index (χ2v) is 6.30. The van der Waals surface area contributed by atoms with E-state index in [2.05, 4.69) is 20.8 Å². The number of carboxylic acid groups (broad SMARTS) is 2. The van der Waals surface area contributed by atoms with Crippen LogP contribution in [0.5, 0.6) is 0 Å². The Morgan fingerprint density at radius 1 is 0.815 bits per heavy atom. The molecule has 3 N–H and O–H groups in total. The summed E-state index contributed by atoms with van der Waals surface area (Å²) in [6.45, 7) is 6.26. The first-order valence-electron chi connectivity index (χ1n) is 9.04. The molecule has 0 aliphatic heterocycles. The molecule has 0 aliphatic rings. The van der Waals surface area contributed by atoms with Crippen molar-refractivity contribution < 1.29 is 24.9 Å². The molecule has 2 aromatic carbocycles. The molecular weight excluding hydrogens is 344 g/mol. The van der Waals surface area contributed by atoms with Crippen LogP contribution in [0.25, 0.3) is 0 Å². The van der Waals surface area contributed by atoms with Gasteiger partial charge in [0.15, 0.2) is 0 Å². The first-order chi connectivity index (χ1) is 12.8. The van der Waals surface area contributed by atoms with Crippen molar-refractivity contribution in [3.05, 3.63) is 71.8 Å². The molecule has 0 amide bonds. The Morgan fingerprint density at radius 2 is 1.19 bits per heavy atom. The van der Waals surface area contributed by atoms with Crippen LogP contribution >= 0.6 is 0 Å². The van der Waals surface area contributed by atoms with Gasteiger partial charge in [0.25, 0.3) is 0 Å². The van der Waals surface area contributed by atoms with E-state index in [1.165, 1.54) is 6.42 Å². The third-order valence-electron chi connectivity index (χ3n) is 3.66. The lowest BCUT2D eigenvalue weighted by Gasteiger charge is -2.12. The summed E-state index contributed by atoms with van der Waals surface area (Å²) in [5.74, 6) is -1.33. The molecule has 148 valence electrons. The zero-order valence-electron chi connectivity index (χ0n) is 16.2. The lowest BCUT2D eigenvalue weighted by molar-refractivity contribution is 0.0686. The second-order valence-electron chi connectivity index (χ2n) is 6.30. The molecule has 5 nitrogen and oxygen atoms in total. The maximum atomic E-state index is 10.2. The number of hydrogen-bond donors (Lipinski definition) is 3. The molecule has 0 radical (unpaired) electrons. The molecule has 27 heavy (non-hydrogen) atoms. The highest BCUT2D eigenvalue weighted by atomic mass is 16.4. The number of benzene rings is 2. The fraction of sp³-hybridized carbons (Fsp3) is 0.364. The quantitative estimate of drug-likeness (QED) is 0.664. The Morgan fingerprint density at radius 3 is 1.41 bits per heavy atom. The van der Waals surface area contributed by atoms with E-state index in [-0.39, 0.29) is 6.10 Å². The van der Waals surface area contributed by atoms with Crippen LogP contribution < -0.4 is 0 Å². The van der Waals surface area contributed by atoms with Crippen molar-refractivity contribution in [1.82, 2.24) is 0 Å². The maximum Gasteiger partial charge on any atom is 0.335 e. The minimum Gasteiger partial charge on any atom is -0.478 e. The molecule has 0 bridgehead atoms. The summed E-state index contributed by atoms with van der Waals surface area (Å²) in [5, 5.41) is 26.0. The van der Waals surface area contributed by atoms with Gasteiger partial charge in [-0.15, -0.1) is 0 Å². The normalized spacial score (nSPS) is 10.7. The van der Waals surface area contributed by atoms with Crippen LogP contribution in [0.2, 0.25) is 0 Å². The molecule has 0 spiro atoms. The third-order valence-corrected chi connectivity index (χ3v) is 3.66. The predicted octanol–water partition coefficient (Wildman–Crippen LogP) is 4.96. The summed E-state index contributed by atoms with van der Waals surface area (Å²) < 4.78 is 0. The van der Waals surface area contributed by atoms with Crippen molar-refractivity contribution in [3.63, 3.8) is 0 Å². The van der Waals surface area contributed by atoms with E-state index in [9.17, 15) is 14.7 Å². The van der Waals surface area contributed by atoms with Gasteiger partial charge >= 0.3 is 11.9 Å². The van der Waals surface area contributed by atoms with Crippen molar-refractivity contribution in [1.29, 1.82) is 0 Å². The monoisotopic (exact) mass is 374 g/mol. The van der Waals surface area contributed by atoms with Crippen molar-refractivity contribution in [2.24, 2.45) is 5.92 Å². The van der Waals surface area contributed by atoms with Crippen LogP contribution in [0.4, 0.5) is 0 Å². The van der Waals surface area contributed by atoms with E-state index in [0.717, 1.165) is 12.8 Å². The van der Waals surface area contributed by atoms with E-state index >= 15 is 0 Å². The van der Waals surface area contributed by atoms with Gasteiger partial charge in [0.05, 0.1) is 17.2 Å². The number of unbranched alkanes of at least 4 members (excludes halogenated alkanes) is 1. The van der Waals surface area contributed by atoms with Crippen LogP contribution in [0, 0.1) is 5.92 Å². The average molecular weight is 374 g/mol. The van der Waals surface area contributed by atoms with Crippen LogP contribution in [-0.2, 0) is 0 Å². The number of aliphatic hydroxyl groups excluding tert-OH is 1. The fourth-order valence-electron chi connectivity index (χ4n) is 1.91. The summed E-state index contributed by atoms with van der Waals surface area (Å²) in [7, 11) is 0. The number of carbonyl (C=O) groups is 2. The number of rotatable bonds is 6. The molecule has 0 saturated heterocycles. The molecule has 5 heteroatoms. The van der Waals surface area contributed by atoms with Crippen molar-refractivity contribution in [2.75, 3.05) is 0 Å². The zero-order chi connectivity index (χ0) is 20.7. The van der Waals surface area contributed by atoms with Crippen molar-refractivity contribution in [2.45, 2.75) is 46.1 Å². The zero-order valence-corrected chi connectivity index (χ0v) is 16.2. The Kier molecular flexibility index (Phi) is 13.1. The van der Waals surface area contributed by atoms with E-state index in [4.69, 9.17) is 10.2 Å². The highest BCUT2D eigenvalue weighted by Crippen LogP contribution is 2.08. The largest absolute Gasteiger partial charge is 0.478 e.